The first-order valence-corrected chi connectivity index (χ1v) is 8.04. The molecule has 8 heteroatoms. The van der Waals surface area contributed by atoms with E-state index < -0.39 is 12.3 Å². The molecule has 0 saturated carbocycles. The lowest BCUT2D eigenvalue weighted by Crippen LogP contribution is -2.16. The van der Waals surface area contributed by atoms with Crippen molar-refractivity contribution in [3.05, 3.63) is 72.3 Å². The Kier molecular flexibility index (Phi) is 5.12. The minimum absolute atomic E-state index is 0.224. The first-order valence-electron chi connectivity index (χ1n) is 8.04. The largest absolute Gasteiger partial charge is 0.573 e. The van der Waals surface area contributed by atoms with Crippen molar-refractivity contribution in [1.29, 1.82) is 0 Å². The first kappa shape index (κ1) is 19.1. The summed E-state index contributed by atoms with van der Waals surface area (Å²) in [6.07, 6.45) is -4.73. The number of hydrogen-bond acceptors (Lipinski definition) is 5. The summed E-state index contributed by atoms with van der Waals surface area (Å²) in [7, 11) is 0. The Morgan fingerprint density at radius 2 is 1.21 bits per heavy atom. The molecule has 0 unspecified atom stereocenters. The van der Waals surface area contributed by atoms with Crippen LogP contribution in [0, 0.1) is 0 Å². The predicted molar refractivity (Wildman–Crippen MR) is 98.8 cm³/mol. The van der Waals surface area contributed by atoms with Gasteiger partial charge in [0.05, 0.1) is 5.56 Å². The van der Waals surface area contributed by atoms with Crippen molar-refractivity contribution in [3.8, 4) is 22.6 Å². The smallest absolute Gasteiger partial charge is 0.423 e. The Labute approximate surface area is 158 Å². The Bertz CT molecular complexity index is 965. The molecule has 0 aliphatic rings. The highest BCUT2D eigenvalue weighted by Gasteiger charge is 2.30. The van der Waals surface area contributed by atoms with Crippen LogP contribution in [0.3, 0.4) is 0 Å². The van der Waals surface area contributed by atoms with Gasteiger partial charge in [-0.25, -0.2) is 4.79 Å². The second-order valence-electron chi connectivity index (χ2n) is 5.87. The summed E-state index contributed by atoms with van der Waals surface area (Å²) in [4.78, 5) is 12.2. The van der Waals surface area contributed by atoms with Gasteiger partial charge in [-0.2, -0.15) is 0 Å². The number of nitrogens with two attached hydrogens (primary N) is 2. The maximum Gasteiger partial charge on any atom is 0.573 e. The maximum atomic E-state index is 12.2. The predicted octanol–water partition coefficient (Wildman–Crippen LogP) is 4.64. The lowest BCUT2D eigenvalue weighted by Gasteiger charge is -2.10. The molecule has 0 aliphatic carbocycles. The number of anilines is 2. The van der Waals surface area contributed by atoms with Crippen molar-refractivity contribution in [1.82, 2.24) is 0 Å². The van der Waals surface area contributed by atoms with Gasteiger partial charge in [0.1, 0.15) is 11.5 Å². The van der Waals surface area contributed by atoms with E-state index in [0.717, 1.165) is 5.56 Å². The summed E-state index contributed by atoms with van der Waals surface area (Å²) in [5.74, 6) is -0.615. The molecule has 0 atom stereocenters. The standard InChI is InChI=1S/C20H15F3N2O3/c21-20(22,23)28-18-7-3-13(4-8-18)12-1-5-17(6-2-12)27-19(26)14-9-15(24)11-16(25)10-14/h1-11H,24-25H2. The van der Waals surface area contributed by atoms with Crippen LogP contribution in [-0.2, 0) is 0 Å². The van der Waals surface area contributed by atoms with E-state index in [1.165, 1.54) is 42.5 Å². The summed E-state index contributed by atoms with van der Waals surface area (Å²) in [5, 5.41) is 0. The molecule has 0 heterocycles. The van der Waals surface area contributed by atoms with E-state index in [0.29, 0.717) is 22.7 Å². The topological polar surface area (TPSA) is 87.6 Å². The molecule has 4 N–H and O–H groups in total. The lowest BCUT2D eigenvalue weighted by atomic mass is 10.1. The number of benzene rings is 3. The SMILES string of the molecule is Nc1cc(N)cc(C(=O)Oc2ccc(-c3ccc(OC(F)(F)F)cc3)cc2)c1. The van der Waals surface area contributed by atoms with Gasteiger partial charge in [0, 0.05) is 11.4 Å². The van der Waals surface area contributed by atoms with E-state index >= 15 is 0 Å². The molecule has 144 valence electrons. The van der Waals surface area contributed by atoms with Crippen molar-refractivity contribution in [3.63, 3.8) is 0 Å². The van der Waals surface area contributed by atoms with Crippen LogP contribution in [-0.4, -0.2) is 12.3 Å². The molecule has 0 aromatic heterocycles. The first-order chi connectivity index (χ1) is 13.2. The van der Waals surface area contributed by atoms with Crippen LogP contribution in [0.15, 0.2) is 66.7 Å². The highest BCUT2D eigenvalue weighted by molar-refractivity contribution is 5.93. The fourth-order valence-corrected chi connectivity index (χ4v) is 2.52. The van der Waals surface area contributed by atoms with Gasteiger partial charge >= 0.3 is 12.3 Å². The van der Waals surface area contributed by atoms with Crippen LogP contribution in [0.1, 0.15) is 10.4 Å². The summed E-state index contributed by atoms with van der Waals surface area (Å²) in [5.41, 5.74) is 13.6. The number of halogens is 3. The molecule has 0 radical (unpaired) electrons. The highest BCUT2D eigenvalue weighted by Crippen LogP contribution is 2.28. The molecule has 3 aromatic carbocycles. The van der Waals surface area contributed by atoms with Gasteiger partial charge in [-0.3, -0.25) is 0 Å². The van der Waals surface area contributed by atoms with E-state index in [9.17, 15) is 18.0 Å². The van der Waals surface area contributed by atoms with Crippen LogP contribution in [0.4, 0.5) is 24.5 Å². The van der Waals surface area contributed by atoms with Crippen molar-refractivity contribution in [2.45, 2.75) is 6.36 Å². The molecule has 3 rings (SSSR count). The van der Waals surface area contributed by atoms with Crippen LogP contribution >= 0.6 is 0 Å². The number of rotatable bonds is 4. The number of nitrogen functional groups attached to an aromatic ring is 2. The van der Waals surface area contributed by atoms with Gasteiger partial charge in [0.15, 0.2) is 0 Å². The van der Waals surface area contributed by atoms with E-state index in [1.54, 1.807) is 24.3 Å². The van der Waals surface area contributed by atoms with Crippen molar-refractivity contribution in [2.75, 3.05) is 11.5 Å². The summed E-state index contributed by atoms with van der Waals surface area (Å²) < 4.78 is 45.7. The van der Waals surface area contributed by atoms with Crippen molar-refractivity contribution in [2.24, 2.45) is 0 Å². The lowest BCUT2D eigenvalue weighted by molar-refractivity contribution is -0.274. The maximum absolute atomic E-state index is 12.2. The molecule has 0 saturated heterocycles. The number of alkyl halides is 3. The number of ether oxygens (including phenoxy) is 2. The monoisotopic (exact) mass is 388 g/mol. The molecule has 0 aliphatic heterocycles. The van der Waals surface area contributed by atoms with Crippen LogP contribution in [0.25, 0.3) is 11.1 Å². The molecular weight excluding hydrogens is 373 g/mol. The third-order valence-corrected chi connectivity index (χ3v) is 3.70. The van der Waals surface area contributed by atoms with Gasteiger partial charge in [0.25, 0.3) is 0 Å². The van der Waals surface area contributed by atoms with Gasteiger partial charge in [0.2, 0.25) is 0 Å². The fraction of sp³-hybridized carbons (Fsp3) is 0.0500. The zero-order valence-corrected chi connectivity index (χ0v) is 14.4. The molecule has 0 bridgehead atoms. The van der Waals surface area contributed by atoms with Crippen molar-refractivity contribution >= 4 is 17.3 Å². The van der Waals surface area contributed by atoms with E-state index in [1.807, 2.05) is 0 Å². The molecule has 28 heavy (non-hydrogen) atoms. The minimum Gasteiger partial charge on any atom is -0.423 e. The zero-order chi connectivity index (χ0) is 20.3. The van der Waals surface area contributed by atoms with Gasteiger partial charge < -0.3 is 20.9 Å². The third kappa shape index (κ3) is 4.94. The third-order valence-electron chi connectivity index (χ3n) is 3.70. The molecular formula is C20H15F3N2O3. The van der Waals surface area contributed by atoms with Gasteiger partial charge in [-0.1, -0.05) is 24.3 Å². The second-order valence-corrected chi connectivity index (χ2v) is 5.87. The Morgan fingerprint density at radius 3 is 1.68 bits per heavy atom. The molecule has 0 spiro atoms. The fourth-order valence-electron chi connectivity index (χ4n) is 2.52. The number of hydrogen-bond donors (Lipinski definition) is 2. The normalized spacial score (nSPS) is 11.1. The number of carbonyl (C=O) groups is 1. The second kappa shape index (κ2) is 7.51. The van der Waals surface area contributed by atoms with Crippen LogP contribution in [0.2, 0.25) is 0 Å². The van der Waals surface area contributed by atoms with E-state index in [2.05, 4.69) is 4.74 Å². The average Bonchev–Trinajstić information content (AvgIpc) is 2.61. The van der Waals surface area contributed by atoms with Gasteiger partial charge in [-0.15, -0.1) is 13.2 Å². The highest BCUT2D eigenvalue weighted by atomic mass is 19.4. The van der Waals surface area contributed by atoms with E-state index in [4.69, 9.17) is 16.2 Å². The molecule has 3 aromatic rings. The van der Waals surface area contributed by atoms with Crippen LogP contribution in [0.5, 0.6) is 11.5 Å². The Balaban J connectivity index is 1.70. The Hall–Kier alpha value is -3.68. The number of esters is 1. The van der Waals surface area contributed by atoms with E-state index in [-0.39, 0.29) is 11.3 Å². The van der Waals surface area contributed by atoms with Gasteiger partial charge in [-0.05, 0) is 53.6 Å². The molecule has 5 nitrogen and oxygen atoms in total. The summed E-state index contributed by atoms with van der Waals surface area (Å²) in [6.45, 7) is 0. The quantitative estimate of drug-likeness (QED) is 0.386. The molecule has 0 amide bonds. The zero-order valence-electron chi connectivity index (χ0n) is 14.4. The summed E-state index contributed by atoms with van der Waals surface area (Å²) >= 11 is 0. The summed E-state index contributed by atoms with van der Waals surface area (Å²) in [6, 6.07) is 16.4. The minimum atomic E-state index is -4.73. The van der Waals surface area contributed by atoms with Crippen LogP contribution < -0.4 is 20.9 Å². The Morgan fingerprint density at radius 1 is 0.750 bits per heavy atom. The average molecular weight is 388 g/mol. The number of carbonyl (C=O) groups excluding carboxylic acids is 1. The van der Waals surface area contributed by atoms with Crippen molar-refractivity contribution < 1.29 is 27.4 Å². The molecule has 0 fully saturated rings.